The Kier molecular flexibility index (Phi) is 4.95. The minimum absolute atomic E-state index is 0.0910. The lowest BCUT2D eigenvalue weighted by Crippen LogP contribution is -2.38. The molecule has 2 unspecified atom stereocenters. The smallest absolute Gasteiger partial charge is 0.242 e. The van der Waals surface area contributed by atoms with Crippen molar-refractivity contribution in [3.8, 4) is 0 Å². The van der Waals surface area contributed by atoms with Crippen molar-refractivity contribution in [2.24, 2.45) is 5.92 Å². The number of hydrogen-bond acceptors (Lipinski definition) is 3. The molecule has 0 saturated carbocycles. The zero-order valence-electron chi connectivity index (χ0n) is 12.9. The lowest BCUT2D eigenvalue weighted by Gasteiger charge is -2.33. The summed E-state index contributed by atoms with van der Waals surface area (Å²) in [5.74, 6) is 0.0910. The van der Waals surface area contributed by atoms with E-state index in [1.807, 2.05) is 24.3 Å². The van der Waals surface area contributed by atoms with Crippen LogP contribution in [-0.4, -0.2) is 19.3 Å². The molecule has 4 nitrogen and oxygen atoms in total. The fourth-order valence-electron chi connectivity index (χ4n) is 2.77. The molecule has 0 N–H and O–H groups in total. The monoisotopic (exact) mass is 305 g/mol. The van der Waals surface area contributed by atoms with E-state index in [0.29, 0.717) is 12.1 Å². The zero-order chi connectivity index (χ0) is 15.5. The van der Waals surface area contributed by atoms with Crippen molar-refractivity contribution in [3.05, 3.63) is 57.8 Å². The minimum Gasteiger partial charge on any atom is -0.414 e. The van der Waals surface area contributed by atoms with Gasteiger partial charge in [-0.15, -0.1) is 0 Å². The average Bonchev–Trinajstić information content (AvgIpc) is 2.40. The van der Waals surface area contributed by atoms with Gasteiger partial charge >= 0.3 is 0 Å². The molecule has 1 aliphatic carbocycles. The Morgan fingerprint density at radius 2 is 1.95 bits per heavy atom. The van der Waals surface area contributed by atoms with Gasteiger partial charge in [0.15, 0.2) is 8.32 Å². The van der Waals surface area contributed by atoms with E-state index >= 15 is 0 Å². The maximum absolute atomic E-state index is 11.0. The zero-order valence-corrected chi connectivity index (χ0v) is 13.9. The van der Waals surface area contributed by atoms with Gasteiger partial charge in [-0.1, -0.05) is 30.3 Å². The molecular weight excluding hydrogens is 282 g/mol. The van der Waals surface area contributed by atoms with E-state index in [1.165, 1.54) is 5.56 Å². The Morgan fingerprint density at radius 1 is 1.29 bits per heavy atom. The maximum atomic E-state index is 11.0. The molecule has 0 bridgehead atoms. The van der Waals surface area contributed by atoms with Gasteiger partial charge < -0.3 is 4.43 Å². The first-order valence-electron chi connectivity index (χ1n) is 7.42. The number of benzene rings is 1. The van der Waals surface area contributed by atoms with Crippen LogP contribution in [-0.2, 0) is 10.8 Å². The van der Waals surface area contributed by atoms with Crippen molar-refractivity contribution < 1.29 is 9.35 Å². The molecule has 1 aromatic carbocycles. The molecule has 0 amide bonds. The van der Waals surface area contributed by atoms with Gasteiger partial charge in [0.1, 0.15) is 0 Å². The molecule has 2 rings (SSSR count). The Bertz CT molecular complexity index is 522. The van der Waals surface area contributed by atoms with Gasteiger partial charge in [-0.25, -0.2) is 0 Å². The van der Waals surface area contributed by atoms with E-state index in [1.54, 1.807) is 0 Å². The lowest BCUT2D eigenvalue weighted by atomic mass is 9.86. The van der Waals surface area contributed by atoms with Gasteiger partial charge in [-0.3, -0.25) is 10.1 Å². The molecule has 5 heteroatoms. The molecule has 0 spiro atoms. The number of hydrogen-bond donors (Lipinski definition) is 0. The van der Waals surface area contributed by atoms with Crippen LogP contribution in [0, 0.1) is 16.0 Å². The SMILES string of the molecule is C[Si](C)(C)OC1CCC([N+](=O)[O-])=CC1Cc1ccccc1. The van der Waals surface area contributed by atoms with Crippen LogP contribution in [0.25, 0.3) is 0 Å². The van der Waals surface area contributed by atoms with Crippen LogP contribution >= 0.6 is 0 Å². The first kappa shape index (κ1) is 15.9. The van der Waals surface area contributed by atoms with Crippen LogP contribution in [0.2, 0.25) is 19.6 Å². The third kappa shape index (κ3) is 4.79. The minimum atomic E-state index is -1.65. The van der Waals surface area contributed by atoms with Gasteiger partial charge in [0, 0.05) is 12.3 Å². The molecule has 0 heterocycles. The second-order valence-corrected chi connectivity index (χ2v) is 11.0. The van der Waals surface area contributed by atoms with Crippen molar-refractivity contribution in [2.75, 3.05) is 0 Å². The summed E-state index contributed by atoms with van der Waals surface area (Å²) in [5, 5.41) is 11.0. The summed E-state index contributed by atoms with van der Waals surface area (Å²) in [7, 11) is -1.65. The van der Waals surface area contributed by atoms with Gasteiger partial charge in [-0.05, 0) is 44.1 Å². The van der Waals surface area contributed by atoms with E-state index in [-0.39, 0.29) is 16.9 Å². The van der Waals surface area contributed by atoms with Crippen molar-refractivity contribution in [2.45, 2.75) is 45.0 Å². The molecule has 21 heavy (non-hydrogen) atoms. The van der Waals surface area contributed by atoms with Crippen LogP contribution in [0.15, 0.2) is 42.1 Å². The lowest BCUT2D eigenvalue weighted by molar-refractivity contribution is -0.429. The van der Waals surface area contributed by atoms with Gasteiger partial charge in [0.2, 0.25) is 5.70 Å². The number of nitro groups is 1. The molecule has 0 radical (unpaired) electrons. The standard InChI is InChI=1S/C16H23NO3Si/c1-21(2,3)20-16-10-9-15(17(18)19)12-14(16)11-13-7-5-4-6-8-13/h4-8,12,14,16H,9-11H2,1-3H3. The normalized spacial score (nSPS) is 22.7. The number of nitrogens with zero attached hydrogens (tertiary/aromatic N) is 1. The second kappa shape index (κ2) is 6.53. The summed E-state index contributed by atoms with van der Waals surface area (Å²) in [6.07, 6.45) is 3.97. The van der Waals surface area contributed by atoms with Crippen molar-refractivity contribution >= 4 is 8.32 Å². The van der Waals surface area contributed by atoms with Crippen LogP contribution in [0.1, 0.15) is 18.4 Å². The van der Waals surface area contributed by atoms with Crippen molar-refractivity contribution in [3.63, 3.8) is 0 Å². The highest BCUT2D eigenvalue weighted by molar-refractivity contribution is 6.69. The Labute approximate surface area is 127 Å². The van der Waals surface area contributed by atoms with Crippen molar-refractivity contribution in [1.29, 1.82) is 0 Å². The van der Waals surface area contributed by atoms with Crippen LogP contribution < -0.4 is 0 Å². The molecule has 114 valence electrons. The maximum Gasteiger partial charge on any atom is 0.242 e. The fraction of sp³-hybridized carbons (Fsp3) is 0.500. The largest absolute Gasteiger partial charge is 0.414 e. The van der Waals surface area contributed by atoms with Gasteiger partial charge in [0.05, 0.1) is 11.0 Å². The van der Waals surface area contributed by atoms with E-state index in [4.69, 9.17) is 4.43 Å². The molecule has 2 atom stereocenters. The van der Waals surface area contributed by atoms with Crippen LogP contribution in [0.3, 0.4) is 0 Å². The topological polar surface area (TPSA) is 52.4 Å². The third-order valence-corrected chi connectivity index (χ3v) is 4.63. The molecule has 1 aliphatic rings. The predicted octanol–water partition coefficient (Wildman–Crippen LogP) is 4.02. The van der Waals surface area contributed by atoms with E-state index in [0.717, 1.165) is 12.8 Å². The summed E-state index contributed by atoms with van der Waals surface area (Å²) in [6.45, 7) is 6.50. The van der Waals surface area contributed by atoms with Gasteiger partial charge in [-0.2, -0.15) is 0 Å². The number of rotatable bonds is 5. The molecule has 1 aromatic rings. The second-order valence-electron chi connectivity index (χ2n) is 6.58. The first-order chi connectivity index (χ1) is 9.85. The number of allylic oxidation sites excluding steroid dienone is 1. The Balaban J connectivity index is 2.19. The summed E-state index contributed by atoms with van der Waals surface area (Å²) in [4.78, 5) is 10.8. The summed E-state index contributed by atoms with van der Waals surface area (Å²) in [6, 6.07) is 10.1. The molecule has 0 fully saturated rings. The Morgan fingerprint density at radius 3 is 2.52 bits per heavy atom. The summed E-state index contributed by atoms with van der Waals surface area (Å²) >= 11 is 0. The molecule has 0 aromatic heterocycles. The fourth-order valence-corrected chi connectivity index (χ4v) is 3.97. The third-order valence-electron chi connectivity index (χ3n) is 3.62. The quantitative estimate of drug-likeness (QED) is 0.469. The highest BCUT2D eigenvalue weighted by atomic mass is 28.4. The Hall–Kier alpha value is -1.46. The first-order valence-corrected chi connectivity index (χ1v) is 10.8. The highest BCUT2D eigenvalue weighted by Gasteiger charge is 2.33. The van der Waals surface area contributed by atoms with Crippen LogP contribution in [0.4, 0.5) is 0 Å². The molecule has 0 aliphatic heterocycles. The molecule has 0 saturated heterocycles. The van der Waals surface area contributed by atoms with E-state index in [2.05, 4.69) is 31.8 Å². The van der Waals surface area contributed by atoms with Gasteiger partial charge in [0.25, 0.3) is 0 Å². The highest BCUT2D eigenvalue weighted by Crippen LogP contribution is 2.30. The van der Waals surface area contributed by atoms with E-state index < -0.39 is 8.32 Å². The predicted molar refractivity (Wildman–Crippen MR) is 86.2 cm³/mol. The average molecular weight is 305 g/mol. The van der Waals surface area contributed by atoms with Crippen molar-refractivity contribution in [1.82, 2.24) is 0 Å². The molecular formula is C16H23NO3Si. The summed E-state index contributed by atoms with van der Waals surface area (Å²) < 4.78 is 6.26. The van der Waals surface area contributed by atoms with Crippen LogP contribution in [0.5, 0.6) is 0 Å². The summed E-state index contributed by atoms with van der Waals surface area (Å²) in [5.41, 5.74) is 1.54. The van der Waals surface area contributed by atoms with E-state index in [9.17, 15) is 10.1 Å².